The largest absolute Gasteiger partial charge is 0.438 e. The number of carbonyl (C=O) groups excluding carboxylic acids is 1. The zero-order chi connectivity index (χ0) is 19.9. The van der Waals surface area contributed by atoms with Crippen LogP contribution in [0.4, 0.5) is 0 Å². The van der Waals surface area contributed by atoms with Gasteiger partial charge in [0.25, 0.3) is 5.91 Å². The summed E-state index contributed by atoms with van der Waals surface area (Å²) in [6, 6.07) is 20.7. The summed E-state index contributed by atoms with van der Waals surface area (Å²) in [6.45, 7) is 1.06. The third-order valence-electron chi connectivity index (χ3n) is 4.26. The normalized spacial score (nSPS) is 10.5. The fourth-order valence-corrected chi connectivity index (χ4v) is 2.79. The van der Waals surface area contributed by atoms with Crippen molar-refractivity contribution in [2.45, 2.75) is 13.1 Å². The Kier molecular flexibility index (Phi) is 5.57. The molecule has 4 aromatic rings. The Hall–Kier alpha value is -4.00. The highest BCUT2D eigenvalue weighted by atomic mass is 16.5. The van der Waals surface area contributed by atoms with Crippen LogP contribution in [0.25, 0.3) is 0 Å². The van der Waals surface area contributed by atoms with Gasteiger partial charge in [-0.3, -0.25) is 4.79 Å². The third kappa shape index (κ3) is 4.84. The maximum atomic E-state index is 12.7. The molecule has 0 spiro atoms. The van der Waals surface area contributed by atoms with Crippen LogP contribution in [0.5, 0.6) is 11.6 Å². The molecule has 0 aliphatic heterocycles. The SMILES string of the molecule is O=C(NCc1ccc(Cn2cncn2)cc1)c1cccnc1Oc1ccccc1. The Bertz CT molecular complexity index is 1060. The van der Waals surface area contributed by atoms with Gasteiger partial charge in [0.2, 0.25) is 5.88 Å². The van der Waals surface area contributed by atoms with Crippen LogP contribution in [0, 0.1) is 0 Å². The summed E-state index contributed by atoms with van der Waals surface area (Å²) in [6.07, 6.45) is 4.79. The molecule has 0 radical (unpaired) electrons. The predicted octanol–water partition coefficient (Wildman–Crippen LogP) is 3.44. The number of benzene rings is 2. The second-order valence-electron chi connectivity index (χ2n) is 6.36. The van der Waals surface area contributed by atoms with Crippen LogP contribution >= 0.6 is 0 Å². The number of carbonyl (C=O) groups is 1. The molecule has 0 unspecified atom stereocenters. The average molecular weight is 385 g/mol. The van der Waals surface area contributed by atoms with Gasteiger partial charge in [-0.2, -0.15) is 5.10 Å². The van der Waals surface area contributed by atoms with E-state index in [1.54, 1.807) is 29.3 Å². The molecule has 29 heavy (non-hydrogen) atoms. The first-order valence-corrected chi connectivity index (χ1v) is 9.14. The van der Waals surface area contributed by atoms with Crippen molar-refractivity contribution in [1.82, 2.24) is 25.1 Å². The van der Waals surface area contributed by atoms with Gasteiger partial charge in [-0.05, 0) is 35.4 Å². The van der Waals surface area contributed by atoms with E-state index in [0.717, 1.165) is 11.1 Å². The summed E-state index contributed by atoms with van der Waals surface area (Å²) in [5.41, 5.74) is 2.49. The molecule has 2 heterocycles. The molecule has 0 bridgehead atoms. The fourth-order valence-electron chi connectivity index (χ4n) is 2.79. The molecule has 2 aromatic carbocycles. The summed E-state index contributed by atoms with van der Waals surface area (Å²) in [7, 11) is 0. The van der Waals surface area contributed by atoms with E-state index in [2.05, 4.69) is 20.4 Å². The molecule has 4 rings (SSSR count). The van der Waals surface area contributed by atoms with Crippen LogP contribution in [0.3, 0.4) is 0 Å². The number of hydrogen-bond acceptors (Lipinski definition) is 5. The van der Waals surface area contributed by atoms with Gasteiger partial charge in [-0.25, -0.2) is 14.6 Å². The van der Waals surface area contributed by atoms with Crippen molar-refractivity contribution in [2.24, 2.45) is 0 Å². The summed E-state index contributed by atoms with van der Waals surface area (Å²) in [5.74, 6) is 0.665. The van der Waals surface area contributed by atoms with Crippen LogP contribution in [0.1, 0.15) is 21.5 Å². The van der Waals surface area contributed by atoms with Crippen LogP contribution < -0.4 is 10.1 Å². The van der Waals surface area contributed by atoms with Gasteiger partial charge < -0.3 is 10.1 Å². The molecule has 0 atom stereocenters. The number of ether oxygens (including phenoxy) is 1. The van der Waals surface area contributed by atoms with Crippen molar-refractivity contribution in [2.75, 3.05) is 0 Å². The Morgan fingerprint density at radius 2 is 1.76 bits per heavy atom. The number of para-hydroxylation sites is 1. The van der Waals surface area contributed by atoms with Crippen LogP contribution in [0.2, 0.25) is 0 Å². The summed E-state index contributed by atoms with van der Waals surface area (Å²) < 4.78 is 7.52. The van der Waals surface area contributed by atoms with Gasteiger partial charge in [-0.1, -0.05) is 42.5 Å². The lowest BCUT2D eigenvalue weighted by atomic mass is 10.1. The molecular formula is C22H19N5O2. The molecule has 0 saturated carbocycles. The minimum absolute atomic E-state index is 0.240. The monoisotopic (exact) mass is 385 g/mol. The standard InChI is InChI=1S/C22H19N5O2/c28-21(20-7-4-12-24-22(20)29-19-5-2-1-3-6-19)25-13-17-8-10-18(11-9-17)14-27-16-23-15-26-27/h1-12,15-16H,13-14H2,(H,25,28). The van der Waals surface area contributed by atoms with Crippen molar-refractivity contribution < 1.29 is 9.53 Å². The van der Waals surface area contributed by atoms with Crippen LogP contribution in [-0.2, 0) is 13.1 Å². The van der Waals surface area contributed by atoms with Gasteiger partial charge in [0.15, 0.2) is 0 Å². The summed E-state index contributed by atoms with van der Waals surface area (Å²) >= 11 is 0. The van der Waals surface area contributed by atoms with E-state index in [4.69, 9.17) is 4.74 Å². The maximum absolute atomic E-state index is 12.7. The van der Waals surface area contributed by atoms with Gasteiger partial charge in [0.1, 0.15) is 24.0 Å². The average Bonchev–Trinajstić information content (AvgIpc) is 3.27. The molecule has 7 nitrogen and oxygen atoms in total. The first-order valence-electron chi connectivity index (χ1n) is 9.14. The zero-order valence-corrected chi connectivity index (χ0v) is 15.6. The third-order valence-corrected chi connectivity index (χ3v) is 4.26. The zero-order valence-electron chi connectivity index (χ0n) is 15.6. The number of nitrogens with one attached hydrogen (secondary N) is 1. The van der Waals surface area contributed by atoms with Gasteiger partial charge in [-0.15, -0.1) is 0 Å². The Morgan fingerprint density at radius 1 is 0.966 bits per heavy atom. The minimum atomic E-state index is -0.240. The molecule has 7 heteroatoms. The van der Waals surface area contributed by atoms with E-state index >= 15 is 0 Å². The van der Waals surface area contributed by atoms with E-state index in [0.29, 0.717) is 24.4 Å². The second-order valence-corrected chi connectivity index (χ2v) is 6.36. The van der Waals surface area contributed by atoms with Crippen molar-refractivity contribution in [3.05, 3.63) is 102 Å². The molecule has 0 aliphatic rings. The number of nitrogens with zero attached hydrogens (tertiary/aromatic N) is 4. The van der Waals surface area contributed by atoms with Crippen molar-refractivity contribution >= 4 is 5.91 Å². The van der Waals surface area contributed by atoms with Crippen LogP contribution in [0.15, 0.2) is 85.6 Å². The quantitative estimate of drug-likeness (QED) is 0.527. The Morgan fingerprint density at radius 3 is 2.52 bits per heavy atom. The number of aromatic nitrogens is 4. The number of amides is 1. The van der Waals surface area contributed by atoms with Crippen molar-refractivity contribution in [1.29, 1.82) is 0 Å². The van der Waals surface area contributed by atoms with E-state index in [1.807, 2.05) is 54.6 Å². The van der Waals surface area contributed by atoms with Gasteiger partial charge >= 0.3 is 0 Å². The van der Waals surface area contributed by atoms with Gasteiger partial charge in [0.05, 0.1) is 6.54 Å². The molecule has 1 N–H and O–H groups in total. The van der Waals surface area contributed by atoms with E-state index < -0.39 is 0 Å². The molecule has 0 saturated heterocycles. The molecule has 144 valence electrons. The Labute approximate surface area is 168 Å². The molecule has 0 aliphatic carbocycles. The highest BCUT2D eigenvalue weighted by Gasteiger charge is 2.14. The molecule has 0 fully saturated rings. The number of pyridine rings is 1. The minimum Gasteiger partial charge on any atom is -0.438 e. The molecular weight excluding hydrogens is 366 g/mol. The topological polar surface area (TPSA) is 81.9 Å². The number of hydrogen-bond donors (Lipinski definition) is 1. The lowest BCUT2D eigenvalue weighted by Gasteiger charge is -2.10. The lowest BCUT2D eigenvalue weighted by Crippen LogP contribution is -2.23. The van der Waals surface area contributed by atoms with E-state index in [9.17, 15) is 4.79 Å². The Balaban J connectivity index is 1.38. The van der Waals surface area contributed by atoms with Crippen molar-refractivity contribution in [3.8, 4) is 11.6 Å². The first-order chi connectivity index (χ1) is 14.3. The fraction of sp³-hybridized carbons (Fsp3) is 0.0909. The highest BCUT2D eigenvalue weighted by Crippen LogP contribution is 2.22. The van der Waals surface area contributed by atoms with E-state index in [-0.39, 0.29) is 11.8 Å². The highest BCUT2D eigenvalue weighted by molar-refractivity contribution is 5.96. The summed E-state index contributed by atoms with van der Waals surface area (Å²) in [5, 5.41) is 7.02. The predicted molar refractivity (Wildman–Crippen MR) is 107 cm³/mol. The number of rotatable bonds is 7. The smallest absolute Gasteiger partial charge is 0.257 e. The molecule has 2 aromatic heterocycles. The van der Waals surface area contributed by atoms with Crippen molar-refractivity contribution in [3.63, 3.8) is 0 Å². The van der Waals surface area contributed by atoms with Gasteiger partial charge in [0, 0.05) is 12.7 Å². The summed E-state index contributed by atoms with van der Waals surface area (Å²) in [4.78, 5) is 20.8. The van der Waals surface area contributed by atoms with E-state index in [1.165, 1.54) is 6.33 Å². The first kappa shape index (κ1) is 18.4. The van der Waals surface area contributed by atoms with Crippen LogP contribution in [-0.4, -0.2) is 25.7 Å². The molecule has 1 amide bonds. The second kappa shape index (κ2) is 8.79. The maximum Gasteiger partial charge on any atom is 0.257 e. The lowest BCUT2D eigenvalue weighted by molar-refractivity contribution is 0.0948.